The van der Waals surface area contributed by atoms with Gasteiger partial charge in [-0.3, -0.25) is 0 Å². The summed E-state index contributed by atoms with van der Waals surface area (Å²) < 4.78 is 66.0. The lowest BCUT2D eigenvalue weighted by atomic mass is 10.0. The minimum Gasteiger partial charge on any atom is -0.498 e. The monoisotopic (exact) mass is 466 g/mol. The van der Waals surface area contributed by atoms with Gasteiger partial charge in [0.25, 0.3) is 16.9 Å². The number of rotatable bonds is 2. The zero-order chi connectivity index (χ0) is 24.0. The van der Waals surface area contributed by atoms with Crippen LogP contribution < -0.4 is 0 Å². The van der Waals surface area contributed by atoms with Crippen molar-refractivity contribution in [3.8, 4) is 5.75 Å². The van der Waals surface area contributed by atoms with E-state index in [-0.39, 0.29) is 0 Å². The van der Waals surface area contributed by atoms with Crippen LogP contribution in [0, 0.1) is 27.7 Å². The first-order chi connectivity index (χ1) is 14.7. The predicted molar refractivity (Wildman–Crippen MR) is 122 cm³/mol. The fraction of sp³-hybridized carbons (Fsp3) is 0.217. The molecule has 0 radical (unpaired) electrons. The first-order valence-electron chi connectivity index (χ1n) is 9.81. The van der Waals surface area contributed by atoms with Crippen molar-refractivity contribution in [1.82, 2.24) is 0 Å². The third-order valence-corrected chi connectivity index (χ3v) is 6.15. The quantitative estimate of drug-likeness (QED) is 0.178. The van der Waals surface area contributed by atoms with Crippen molar-refractivity contribution >= 4 is 39.0 Å². The van der Waals surface area contributed by atoms with Gasteiger partial charge in [0.1, 0.15) is 0 Å². The second-order valence-electron chi connectivity index (χ2n) is 7.96. The van der Waals surface area contributed by atoms with Crippen LogP contribution in [0.15, 0.2) is 57.5 Å². The summed E-state index contributed by atoms with van der Waals surface area (Å²) in [7, 11) is -9.22. The van der Waals surface area contributed by atoms with Gasteiger partial charge < -0.3 is 21.3 Å². The van der Waals surface area contributed by atoms with Crippen molar-refractivity contribution in [3.63, 3.8) is 0 Å². The Morgan fingerprint density at radius 3 is 1.44 bits per heavy atom. The summed E-state index contributed by atoms with van der Waals surface area (Å²) in [4.78, 5) is 0.327. The summed E-state index contributed by atoms with van der Waals surface area (Å²) in [6, 6.07) is 15.9. The van der Waals surface area contributed by atoms with Gasteiger partial charge in [-0.15, -0.1) is 0 Å². The fourth-order valence-corrected chi connectivity index (χ4v) is 4.64. The number of aryl methyl sites for hydroxylation is 4. The summed E-state index contributed by atoms with van der Waals surface area (Å²) in [5.41, 5.74) is 7.00. The highest BCUT2D eigenvalue weighted by Crippen LogP contribution is 2.42. The van der Waals surface area contributed by atoms with E-state index in [1.54, 1.807) is 12.1 Å². The van der Waals surface area contributed by atoms with Crippen molar-refractivity contribution in [2.75, 3.05) is 6.26 Å². The van der Waals surface area contributed by atoms with E-state index >= 15 is 0 Å². The molecule has 0 fully saturated rings. The molecule has 0 N–H and O–H groups in total. The Morgan fingerprint density at radius 2 is 1.09 bits per heavy atom. The molecule has 0 atom stereocenters. The van der Waals surface area contributed by atoms with Gasteiger partial charge in [-0.05, 0) is 75.2 Å². The predicted octanol–water partition coefficient (Wildman–Crippen LogP) is 7.20. The Bertz CT molecular complexity index is 1350. The molecule has 3 nitrogen and oxygen atoms in total. The zero-order valence-corrected chi connectivity index (χ0v) is 19.2. The second-order valence-corrected chi connectivity index (χ2v) is 9.98. The first-order valence-corrected chi connectivity index (χ1v) is 11.7. The minimum atomic E-state index is -6.00. The van der Waals surface area contributed by atoms with E-state index in [0.717, 1.165) is 16.9 Å². The molecule has 1 aromatic heterocycles. The fourth-order valence-electron chi connectivity index (χ4n) is 4.01. The van der Waals surface area contributed by atoms with Crippen LogP contribution in [-0.2, 0) is 9.84 Å². The molecular weight excluding hydrogens is 443 g/mol. The lowest BCUT2D eigenvalue weighted by Crippen LogP contribution is -2.02. The number of benzene rings is 3. The van der Waals surface area contributed by atoms with Crippen molar-refractivity contribution in [2.24, 2.45) is 0 Å². The minimum absolute atomic E-state index is 0.327. The topological polar surface area (TPSA) is 36.8 Å². The van der Waals surface area contributed by atoms with Gasteiger partial charge in [-0.25, -0.2) is 8.42 Å². The smallest absolute Gasteiger partial charge is 0.498 e. The molecule has 170 valence electrons. The SMILES string of the molecule is Cc1cc(C)c2c(c1)c1cc(C)cc(C)c1[o+]2-c1ccc(S(C)(=O)=O)cc1.F[B-](F)(F)F. The van der Waals surface area contributed by atoms with E-state index in [1.807, 2.05) is 12.1 Å². The molecule has 0 amide bonds. The lowest BCUT2D eigenvalue weighted by molar-refractivity contribution is 0.368. The molecule has 0 saturated carbocycles. The van der Waals surface area contributed by atoms with Crippen LogP contribution in [0.1, 0.15) is 22.3 Å². The molecule has 4 aromatic rings. The maximum absolute atomic E-state index is 11.8. The number of sulfone groups is 1. The molecule has 0 spiro atoms. The van der Waals surface area contributed by atoms with Gasteiger partial charge in [-0.1, -0.05) is 0 Å². The van der Waals surface area contributed by atoms with Crippen LogP contribution in [0.4, 0.5) is 17.3 Å². The third kappa shape index (κ3) is 4.98. The number of halogens is 4. The lowest BCUT2D eigenvalue weighted by Gasteiger charge is -2.08. The molecule has 9 heteroatoms. The first kappa shape index (κ1) is 23.8. The molecule has 0 aliphatic rings. The average molecular weight is 466 g/mol. The molecule has 3 aromatic carbocycles. The summed E-state index contributed by atoms with van der Waals surface area (Å²) in [6.45, 7) is 8.46. The Balaban J connectivity index is 0.000000523. The van der Waals surface area contributed by atoms with Crippen molar-refractivity contribution in [2.45, 2.75) is 32.6 Å². The Morgan fingerprint density at radius 1 is 0.719 bits per heavy atom. The zero-order valence-electron chi connectivity index (χ0n) is 18.3. The highest BCUT2D eigenvalue weighted by atomic mass is 32.2. The summed E-state index contributed by atoms with van der Waals surface area (Å²) >= 11 is 0. The van der Waals surface area contributed by atoms with Crippen LogP contribution in [0.25, 0.3) is 27.7 Å². The molecule has 0 bridgehead atoms. The molecule has 0 aliphatic heterocycles. The Kier molecular flexibility index (Phi) is 6.17. The van der Waals surface area contributed by atoms with Crippen LogP contribution in [0.3, 0.4) is 0 Å². The highest BCUT2D eigenvalue weighted by Gasteiger charge is 2.25. The molecule has 0 aliphatic carbocycles. The van der Waals surface area contributed by atoms with Gasteiger partial charge in [0, 0.05) is 29.5 Å². The van der Waals surface area contributed by atoms with E-state index in [0.29, 0.717) is 4.90 Å². The maximum atomic E-state index is 11.8. The summed E-state index contributed by atoms with van der Waals surface area (Å²) in [5, 5.41) is 2.40. The van der Waals surface area contributed by atoms with Crippen LogP contribution in [-0.4, -0.2) is 21.9 Å². The Labute approximate surface area is 184 Å². The summed E-state index contributed by atoms with van der Waals surface area (Å²) in [5.74, 6) is 0.890. The van der Waals surface area contributed by atoms with Crippen LogP contribution in [0.2, 0.25) is 0 Å². The number of fused-ring (bicyclic) bond motifs is 3. The number of hydrogen-bond donors (Lipinski definition) is 0. The molecule has 0 unspecified atom stereocenters. The van der Waals surface area contributed by atoms with Crippen LogP contribution >= 0.6 is 0 Å². The van der Waals surface area contributed by atoms with E-state index in [4.69, 9.17) is 0 Å². The normalized spacial score (nSPS) is 12.2. The maximum Gasteiger partial charge on any atom is 0.673 e. The number of hydrogen-bond acceptors (Lipinski definition) is 2. The van der Waals surface area contributed by atoms with E-state index in [1.165, 1.54) is 39.3 Å². The largest absolute Gasteiger partial charge is 0.673 e. The van der Waals surface area contributed by atoms with Gasteiger partial charge in [-0.2, -0.15) is 0 Å². The van der Waals surface area contributed by atoms with Gasteiger partial charge >= 0.3 is 7.25 Å². The summed E-state index contributed by atoms with van der Waals surface area (Å²) in [6.07, 6.45) is 1.23. The number of furan rings is 1. The molecule has 32 heavy (non-hydrogen) atoms. The van der Waals surface area contributed by atoms with Crippen molar-refractivity contribution in [3.05, 3.63) is 70.8 Å². The van der Waals surface area contributed by atoms with Gasteiger partial charge in [0.2, 0.25) is 0 Å². The highest BCUT2D eigenvalue weighted by molar-refractivity contribution is 7.90. The van der Waals surface area contributed by atoms with Crippen molar-refractivity contribution in [1.29, 1.82) is 0 Å². The van der Waals surface area contributed by atoms with Gasteiger partial charge in [0.15, 0.2) is 9.84 Å². The molecule has 4 rings (SSSR count). The van der Waals surface area contributed by atoms with E-state index in [9.17, 15) is 25.7 Å². The molecule has 0 saturated heterocycles. The van der Waals surface area contributed by atoms with Crippen molar-refractivity contribution < 1.29 is 29.7 Å². The third-order valence-electron chi connectivity index (χ3n) is 5.02. The van der Waals surface area contributed by atoms with E-state index < -0.39 is 17.1 Å². The molecule has 1 heterocycles. The van der Waals surface area contributed by atoms with E-state index in [2.05, 4.69) is 56.0 Å². The Hall–Kier alpha value is -2.81. The second kappa shape index (κ2) is 8.28. The average Bonchev–Trinajstić information content (AvgIpc) is 2.94. The van der Waals surface area contributed by atoms with Crippen LogP contribution in [0.5, 0.6) is 0 Å². The standard InChI is InChI=1S/C23H23O3S.BF4/c1-14-10-16(3)22-20(12-14)21-13-15(2)11-17(4)23(21)26(22)18-6-8-19(9-7-18)27(5,24)25;2-1(3,4)5/h6-13H,1-5H3;/q+1;-1. The van der Waals surface area contributed by atoms with Gasteiger partial charge in [0.05, 0.1) is 15.7 Å². The molecular formula is C23H23BF4O3S.